The number of aromatic nitrogens is 2. The van der Waals surface area contributed by atoms with Crippen LogP contribution in [0.25, 0.3) is 0 Å². The van der Waals surface area contributed by atoms with Crippen LogP contribution in [0.1, 0.15) is 30.4 Å². The van der Waals surface area contributed by atoms with Crippen molar-refractivity contribution in [3.05, 3.63) is 52.0 Å². The fourth-order valence-electron chi connectivity index (χ4n) is 2.65. The van der Waals surface area contributed by atoms with Crippen molar-refractivity contribution >= 4 is 29.2 Å². The first-order chi connectivity index (χ1) is 10.6. The lowest BCUT2D eigenvalue weighted by molar-refractivity contribution is -0.144. The molecule has 1 saturated carbocycles. The standard InChI is InChI=1S/C16H16Cl2N2O2/c1-2-22-16(21)13-6-12(13)11-4-3-10(5-14(11)17)7-20-8-15(18)19-9-20/h3-5,8-9,12-13H,2,6-7H2,1H3. The van der Waals surface area contributed by atoms with Crippen molar-refractivity contribution < 1.29 is 9.53 Å². The van der Waals surface area contributed by atoms with E-state index in [0.29, 0.717) is 23.3 Å². The molecule has 1 heterocycles. The van der Waals surface area contributed by atoms with Crippen LogP contribution in [-0.2, 0) is 16.1 Å². The molecular weight excluding hydrogens is 323 g/mol. The number of carbonyl (C=O) groups is 1. The molecule has 1 aliphatic rings. The molecule has 0 saturated heterocycles. The highest BCUT2D eigenvalue weighted by Crippen LogP contribution is 2.50. The monoisotopic (exact) mass is 338 g/mol. The summed E-state index contributed by atoms with van der Waals surface area (Å²) < 4.78 is 6.95. The largest absolute Gasteiger partial charge is 0.466 e. The Hall–Kier alpha value is -1.52. The summed E-state index contributed by atoms with van der Waals surface area (Å²) in [5.74, 6) is 0.0137. The minimum atomic E-state index is -0.124. The molecule has 0 spiro atoms. The van der Waals surface area contributed by atoms with Gasteiger partial charge in [0.25, 0.3) is 0 Å². The summed E-state index contributed by atoms with van der Waals surface area (Å²) >= 11 is 12.2. The number of nitrogens with zero attached hydrogens (tertiary/aromatic N) is 2. The van der Waals surface area contributed by atoms with Crippen LogP contribution >= 0.6 is 23.2 Å². The van der Waals surface area contributed by atoms with E-state index in [2.05, 4.69) is 4.98 Å². The molecule has 1 aromatic heterocycles. The van der Waals surface area contributed by atoms with Gasteiger partial charge in [-0.05, 0) is 36.5 Å². The van der Waals surface area contributed by atoms with Crippen LogP contribution < -0.4 is 0 Å². The maximum absolute atomic E-state index is 11.7. The number of imidazole rings is 1. The number of hydrogen-bond acceptors (Lipinski definition) is 3. The summed E-state index contributed by atoms with van der Waals surface area (Å²) in [5, 5.41) is 1.17. The van der Waals surface area contributed by atoms with Crippen LogP contribution in [0.3, 0.4) is 0 Å². The van der Waals surface area contributed by atoms with Crippen molar-refractivity contribution in [1.82, 2.24) is 9.55 Å². The molecule has 4 nitrogen and oxygen atoms in total. The second-order valence-corrected chi connectivity index (χ2v) is 6.22. The number of carbonyl (C=O) groups excluding carboxylic acids is 1. The van der Waals surface area contributed by atoms with Gasteiger partial charge in [0.15, 0.2) is 0 Å². The zero-order valence-electron chi connectivity index (χ0n) is 12.1. The zero-order valence-corrected chi connectivity index (χ0v) is 13.6. The van der Waals surface area contributed by atoms with Gasteiger partial charge in [0.05, 0.1) is 18.9 Å². The molecule has 2 aromatic rings. The van der Waals surface area contributed by atoms with Crippen molar-refractivity contribution in [2.45, 2.75) is 25.8 Å². The van der Waals surface area contributed by atoms with Crippen LogP contribution in [0.2, 0.25) is 10.2 Å². The first kappa shape index (κ1) is 15.4. The van der Waals surface area contributed by atoms with E-state index in [9.17, 15) is 4.79 Å². The normalized spacial score (nSPS) is 20.0. The number of hydrogen-bond donors (Lipinski definition) is 0. The van der Waals surface area contributed by atoms with Gasteiger partial charge in [-0.15, -0.1) is 0 Å². The molecular formula is C16H16Cl2N2O2. The van der Waals surface area contributed by atoms with Crippen molar-refractivity contribution in [2.75, 3.05) is 6.61 Å². The van der Waals surface area contributed by atoms with Crippen LogP contribution in [0.5, 0.6) is 0 Å². The highest BCUT2D eigenvalue weighted by Gasteiger charge is 2.45. The second-order valence-electron chi connectivity index (χ2n) is 5.43. The number of benzene rings is 1. The van der Waals surface area contributed by atoms with Crippen LogP contribution in [0, 0.1) is 5.92 Å². The quantitative estimate of drug-likeness (QED) is 0.776. The third-order valence-corrected chi connectivity index (χ3v) is 4.33. The zero-order chi connectivity index (χ0) is 15.7. The average Bonchev–Trinajstić information content (AvgIpc) is 3.16. The molecule has 2 unspecified atom stereocenters. The number of ether oxygens (including phenoxy) is 1. The smallest absolute Gasteiger partial charge is 0.309 e. The average molecular weight is 339 g/mol. The number of halogens is 2. The molecule has 0 bridgehead atoms. The Balaban J connectivity index is 1.69. The Labute approximate surface area is 139 Å². The van der Waals surface area contributed by atoms with Crippen LogP contribution in [0.15, 0.2) is 30.7 Å². The van der Waals surface area contributed by atoms with Gasteiger partial charge in [0.1, 0.15) is 5.15 Å². The second kappa shape index (κ2) is 6.31. The Morgan fingerprint density at radius 3 is 2.91 bits per heavy atom. The lowest BCUT2D eigenvalue weighted by Gasteiger charge is -2.08. The molecule has 0 N–H and O–H groups in total. The van der Waals surface area contributed by atoms with Gasteiger partial charge in [-0.2, -0.15) is 0 Å². The van der Waals surface area contributed by atoms with Gasteiger partial charge in [-0.3, -0.25) is 4.79 Å². The lowest BCUT2D eigenvalue weighted by Crippen LogP contribution is -2.07. The van der Waals surface area contributed by atoms with E-state index in [1.54, 1.807) is 12.5 Å². The molecule has 116 valence electrons. The van der Waals surface area contributed by atoms with Gasteiger partial charge in [-0.1, -0.05) is 35.3 Å². The molecule has 1 aliphatic carbocycles. The summed E-state index contributed by atoms with van der Waals surface area (Å²) in [6.07, 6.45) is 4.26. The summed E-state index contributed by atoms with van der Waals surface area (Å²) in [6.45, 7) is 2.90. The maximum atomic E-state index is 11.7. The minimum Gasteiger partial charge on any atom is -0.466 e. The van der Waals surface area contributed by atoms with Gasteiger partial charge < -0.3 is 9.30 Å². The predicted molar refractivity (Wildman–Crippen MR) is 85.3 cm³/mol. The van der Waals surface area contributed by atoms with Gasteiger partial charge in [0, 0.05) is 17.8 Å². The van der Waals surface area contributed by atoms with E-state index in [1.807, 2.05) is 29.7 Å². The topological polar surface area (TPSA) is 44.1 Å². The SMILES string of the molecule is CCOC(=O)C1CC1c1ccc(Cn2cnc(Cl)c2)cc1Cl. The molecule has 1 fully saturated rings. The van der Waals surface area contributed by atoms with E-state index >= 15 is 0 Å². The van der Waals surface area contributed by atoms with E-state index in [4.69, 9.17) is 27.9 Å². The van der Waals surface area contributed by atoms with Gasteiger partial charge in [-0.25, -0.2) is 4.98 Å². The fraction of sp³-hybridized carbons (Fsp3) is 0.375. The Bertz CT molecular complexity index is 699. The molecule has 0 aliphatic heterocycles. The molecule has 1 aromatic carbocycles. The van der Waals surface area contributed by atoms with Gasteiger partial charge in [0.2, 0.25) is 0 Å². The minimum absolute atomic E-state index is 0.0456. The summed E-state index contributed by atoms with van der Waals surface area (Å²) in [6, 6.07) is 5.96. The predicted octanol–water partition coefficient (Wildman–Crippen LogP) is 3.90. The third kappa shape index (κ3) is 3.28. The summed E-state index contributed by atoms with van der Waals surface area (Å²) in [5.41, 5.74) is 2.09. The summed E-state index contributed by atoms with van der Waals surface area (Å²) in [4.78, 5) is 15.7. The molecule has 0 radical (unpaired) electrons. The van der Waals surface area contributed by atoms with Crippen molar-refractivity contribution in [1.29, 1.82) is 0 Å². The summed E-state index contributed by atoms with van der Waals surface area (Å²) in [7, 11) is 0. The Kier molecular flexibility index (Phi) is 4.41. The first-order valence-corrected chi connectivity index (χ1v) is 7.96. The molecule has 2 atom stereocenters. The highest BCUT2D eigenvalue weighted by molar-refractivity contribution is 6.31. The van der Waals surface area contributed by atoms with Crippen molar-refractivity contribution in [2.24, 2.45) is 5.92 Å². The van der Waals surface area contributed by atoms with E-state index < -0.39 is 0 Å². The Morgan fingerprint density at radius 1 is 1.45 bits per heavy atom. The van der Waals surface area contributed by atoms with E-state index in [0.717, 1.165) is 17.5 Å². The Morgan fingerprint density at radius 2 is 2.27 bits per heavy atom. The first-order valence-electron chi connectivity index (χ1n) is 7.20. The molecule has 22 heavy (non-hydrogen) atoms. The highest BCUT2D eigenvalue weighted by atomic mass is 35.5. The molecule has 3 rings (SSSR count). The molecule has 6 heteroatoms. The van der Waals surface area contributed by atoms with Crippen LogP contribution in [0.4, 0.5) is 0 Å². The fourth-order valence-corrected chi connectivity index (χ4v) is 3.16. The van der Waals surface area contributed by atoms with Crippen LogP contribution in [-0.4, -0.2) is 22.1 Å². The lowest BCUT2D eigenvalue weighted by atomic mass is 10.1. The third-order valence-electron chi connectivity index (χ3n) is 3.81. The van der Waals surface area contributed by atoms with Crippen molar-refractivity contribution in [3.8, 4) is 0 Å². The van der Waals surface area contributed by atoms with Gasteiger partial charge >= 0.3 is 5.97 Å². The van der Waals surface area contributed by atoms with E-state index in [-0.39, 0.29) is 17.8 Å². The van der Waals surface area contributed by atoms with Crippen molar-refractivity contribution in [3.63, 3.8) is 0 Å². The maximum Gasteiger partial charge on any atom is 0.309 e. The van der Waals surface area contributed by atoms with E-state index in [1.165, 1.54) is 0 Å². The molecule has 0 amide bonds. The number of esters is 1. The number of rotatable bonds is 5.